The van der Waals surface area contributed by atoms with Crippen LogP contribution in [-0.4, -0.2) is 47.7 Å². The van der Waals surface area contributed by atoms with Gasteiger partial charge in [-0.25, -0.2) is 5.48 Å². The molecular formula is C27H41N3O5. The summed E-state index contributed by atoms with van der Waals surface area (Å²) in [5.41, 5.74) is 5.55. The zero-order valence-electron chi connectivity index (χ0n) is 21.4. The number of benzene rings is 1. The molecule has 8 heteroatoms. The van der Waals surface area contributed by atoms with Gasteiger partial charge in [0.15, 0.2) is 0 Å². The van der Waals surface area contributed by atoms with E-state index in [1.54, 1.807) is 5.48 Å². The van der Waals surface area contributed by atoms with Crippen molar-refractivity contribution in [3.63, 3.8) is 0 Å². The standard InChI is InChI=1S/C27H41N3O5/c1-19(2)17-24(23(26(32)29-34)12-8-11-21-9-6-5-7-10-21)25(31)28-30(18-20(3)4)27(33)22-13-15-35-16-14-22/h5-11,19-20,22-24,34H,12-18H2,1-4H3,(H,28,31)(H,29,32)/b11-8+/t23-,24+/m0/s1. The Bertz CT molecular complexity index is 834. The molecule has 1 aromatic carbocycles. The van der Waals surface area contributed by atoms with Gasteiger partial charge in [-0.2, -0.15) is 0 Å². The number of hydrogen-bond donors (Lipinski definition) is 3. The molecule has 35 heavy (non-hydrogen) atoms. The van der Waals surface area contributed by atoms with Crippen molar-refractivity contribution in [1.82, 2.24) is 15.9 Å². The number of ether oxygens (including phenoxy) is 1. The Morgan fingerprint density at radius 2 is 1.69 bits per heavy atom. The molecule has 194 valence electrons. The van der Waals surface area contributed by atoms with Crippen LogP contribution in [0.3, 0.4) is 0 Å². The summed E-state index contributed by atoms with van der Waals surface area (Å²) in [5, 5.41) is 10.8. The van der Waals surface area contributed by atoms with Gasteiger partial charge in [0, 0.05) is 25.7 Å². The number of rotatable bonds is 11. The lowest BCUT2D eigenvalue weighted by molar-refractivity contribution is -0.151. The molecule has 0 aromatic heterocycles. The summed E-state index contributed by atoms with van der Waals surface area (Å²) >= 11 is 0. The van der Waals surface area contributed by atoms with Crippen LogP contribution in [0.1, 0.15) is 58.9 Å². The van der Waals surface area contributed by atoms with Crippen molar-refractivity contribution in [2.75, 3.05) is 19.8 Å². The van der Waals surface area contributed by atoms with Crippen LogP contribution >= 0.6 is 0 Å². The van der Waals surface area contributed by atoms with E-state index < -0.39 is 17.7 Å². The Hall–Kier alpha value is -2.71. The predicted molar refractivity (Wildman–Crippen MR) is 135 cm³/mol. The van der Waals surface area contributed by atoms with Crippen LogP contribution in [0.15, 0.2) is 36.4 Å². The van der Waals surface area contributed by atoms with Crippen LogP contribution < -0.4 is 10.9 Å². The first-order valence-corrected chi connectivity index (χ1v) is 12.6. The number of hydrazine groups is 1. The summed E-state index contributed by atoms with van der Waals surface area (Å²) in [6.45, 7) is 9.36. The minimum atomic E-state index is -0.790. The first-order valence-electron chi connectivity index (χ1n) is 12.6. The maximum Gasteiger partial charge on any atom is 0.247 e. The van der Waals surface area contributed by atoms with Gasteiger partial charge in [0.05, 0.1) is 11.8 Å². The molecular weight excluding hydrogens is 446 g/mol. The maximum atomic E-state index is 13.5. The lowest BCUT2D eigenvalue weighted by Crippen LogP contribution is -2.54. The van der Waals surface area contributed by atoms with Gasteiger partial charge < -0.3 is 4.74 Å². The molecule has 1 aliphatic heterocycles. The molecule has 0 bridgehead atoms. The Morgan fingerprint density at radius 3 is 2.26 bits per heavy atom. The van der Waals surface area contributed by atoms with E-state index in [1.807, 2.05) is 70.2 Å². The molecule has 0 aliphatic carbocycles. The number of carbonyl (C=O) groups is 3. The van der Waals surface area contributed by atoms with Crippen molar-refractivity contribution in [1.29, 1.82) is 0 Å². The average Bonchev–Trinajstić information content (AvgIpc) is 2.85. The maximum absolute atomic E-state index is 13.5. The van der Waals surface area contributed by atoms with Gasteiger partial charge in [-0.1, -0.05) is 70.2 Å². The molecule has 1 aliphatic rings. The fraction of sp³-hybridized carbons (Fsp3) is 0.593. The number of carbonyl (C=O) groups excluding carboxylic acids is 3. The molecule has 1 fully saturated rings. The highest BCUT2D eigenvalue weighted by Crippen LogP contribution is 2.26. The highest BCUT2D eigenvalue weighted by atomic mass is 16.5. The van der Waals surface area contributed by atoms with Crippen LogP contribution in [-0.2, 0) is 19.1 Å². The fourth-order valence-corrected chi connectivity index (χ4v) is 4.35. The second kappa shape index (κ2) is 14.6. The quantitative estimate of drug-likeness (QED) is 0.325. The molecule has 3 N–H and O–H groups in total. The predicted octanol–water partition coefficient (Wildman–Crippen LogP) is 3.82. The lowest BCUT2D eigenvalue weighted by atomic mass is 9.82. The molecule has 0 radical (unpaired) electrons. The number of hydroxylamine groups is 1. The highest BCUT2D eigenvalue weighted by Gasteiger charge is 2.36. The van der Waals surface area contributed by atoms with Gasteiger partial charge >= 0.3 is 0 Å². The van der Waals surface area contributed by atoms with Gasteiger partial charge in [-0.3, -0.25) is 30.0 Å². The van der Waals surface area contributed by atoms with E-state index in [0.717, 1.165) is 5.56 Å². The largest absolute Gasteiger partial charge is 0.381 e. The van der Waals surface area contributed by atoms with Crippen LogP contribution in [0, 0.1) is 29.6 Å². The summed E-state index contributed by atoms with van der Waals surface area (Å²) in [6, 6.07) is 9.66. The molecule has 2 atom stereocenters. The van der Waals surface area contributed by atoms with E-state index >= 15 is 0 Å². The van der Waals surface area contributed by atoms with Crippen LogP contribution in [0.4, 0.5) is 0 Å². The summed E-state index contributed by atoms with van der Waals surface area (Å²) < 4.78 is 5.38. The average molecular weight is 488 g/mol. The van der Waals surface area contributed by atoms with Gasteiger partial charge in [0.25, 0.3) is 0 Å². The zero-order chi connectivity index (χ0) is 25.8. The first kappa shape index (κ1) is 28.5. The van der Waals surface area contributed by atoms with Gasteiger partial charge in [0.1, 0.15) is 0 Å². The van der Waals surface area contributed by atoms with Crippen LogP contribution in [0.5, 0.6) is 0 Å². The topological polar surface area (TPSA) is 108 Å². The van der Waals surface area contributed by atoms with Crippen LogP contribution in [0.25, 0.3) is 6.08 Å². The minimum Gasteiger partial charge on any atom is -0.381 e. The van der Waals surface area contributed by atoms with E-state index in [1.165, 1.54) is 5.01 Å². The summed E-state index contributed by atoms with van der Waals surface area (Å²) in [5.74, 6) is -2.56. The van der Waals surface area contributed by atoms with Crippen molar-refractivity contribution >= 4 is 23.8 Å². The fourth-order valence-electron chi connectivity index (χ4n) is 4.35. The smallest absolute Gasteiger partial charge is 0.247 e. The van der Waals surface area contributed by atoms with Crippen molar-refractivity contribution in [2.45, 2.75) is 53.4 Å². The highest BCUT2D eigenvalue weighted by molar-refractivity contribution is 5.89. The Labute approximate surface area is 209 Å². The van der Waals surface area contributed by atoms with Crippen molar-refractivity contribution in [3.05, 3.63) is 42.0 Å². The molecule has 1 heterocycles. The monoisotopic (exact) mass is 487 g/mol. The molecule has 3 amide bonds. The molecule has 0 saturated carbocycles. The molecule has 1 aromatic rings. The normalized spacial score (nSPS) is 16.3. The Balaban J connectivity index is 2.23. The van der Waals surface area contributed by atoms with Gasteiger partial charge in [-0.05, 0) is 43.1 Å². The number of nitrogens with one attached hydrogen (secondary N) is 2. The van der Waals surface area contributed by atoms with E-state index in [2.05, 4.69) is 5.43 Å². The third-order valence-corrected chi connectivity index (χ3v) is 6.12. The Kier molecular flexibility index (Phi) is 11.9. The third-order valence-electron chi connectivity index (χ3n) is 6.12. The number of hydrogen-bond acceptors (Lipinski definition) is 5. The molecule has 0 spiro atoms. The van der Waals surface area contributed by atoms with Gasteiger partial charge in [-0.15, -0.1) is 0 Å². The third kappa shape index (κ3) is 9.45. The SMILES string of the molecule is CC(C)C[C@@H](C(=O)NN(CC(C)C)C(=O)C1CCOCC1)[C@H](C/C=C/c1ccccc1)C(=O)NO. The van der Waals surface area contributed by atoms with E-state index in [0.29, 0.717) is 39.0 Å². The van der Waals surface area contributed by atoms with E-state index in [4.69, 9.17) is 4.74 Å². The van der Waals surface area contributed by atoms with Gasteiger partial charge in [0.2, 0.25) is 17.7 Å². The van der Waals surface area contributed by atoms with E-state index in [9.17, 15) is 19.6 Å². The zero-order valence-corrected chi connectivity index (χ0v) is 21.4. The molecule has 2 rings (SSSR count). The van der Waals surface area contributed by atoms with Crippen molar-refractivity contribution in [2.24, 2.45) is 29.6 Å². The van der Waals surface area contributed by atoms with E-state index in [-0.39, 0.29) is 36.0 Å². The Morgan fingerprint density at radius 1 is 1.03 bits per heavy atom. The second-order valence-corrected chi connectivity index (χ2v) is 10.1. The second-order valence-electron chi connectivity index (χ2n) is 10.1. The summed E-state index contributed by atoms with van der Waals surface area (Å²) in [6.07, 6.45) is 5.68. The van der Waals surface area contributed by atoms with Crippen LogP contribution in [0.2, 0.25) is 0 Å². The molecule has 8 nitrogen and oxygen atoms in total. The van der Waals surface area contributed by atoms with Crippen molar-refractivity contribution in [3.8, 4) is 0 Å². The molecule has 1 saturated heterocycles. The minimum absolute atomic E-state index is 0.120. The van der Waals surface area contributed by atoms with Crippen molar-refractivity contribution < 1.29 is 24.3 Å². The molecule has 0 unspecified atom stereocenters. The number of nitrogens with zero attached hydrogens (tertiary/aromatic N) is 1. The number of allylic oxidation sites excluding steroid dienone is 1. The summed E-state index contributed by atoms with van der Waals surface area (Å²) in [4.78, 5) is 39.4. The number of amides is 3. The first-order chi connectivity index (χ1) is 16.7. The lowest BCUT2D eigenvalue weighted by Gasteiger charge is -2.33. The summed E-state index contributed by atoms with van der Waals surface area (Å²) in [7, 11) is 0.